The molecule has 2 fully saturated rings. The smallest absolute Gasteiger partial charge is 0.247 e. The molecule has 0 saturated carbocycles. The van der Waals surface area contributed by atoms with Gasteiger partial charge in [0.05, 0.1) is 19.5 Å². The summed E-state index contributed by atoms with van der Waals surface area (Å²) in [6, 6.07) is 2.66. The largest absolute Gasteiger partial charge is 0.338 e. The lowest BCUT2D eigenvalue weighted by molar-refractivity contribution is -0.160. The zero-order valence-electron chi connectivity index (χ0n) is 13.2. The SMILES string of the molecule is CN1CC(=O)N2CCN(C(=O)Cc3ccc(F)c(F)c3)C[C@H]2C1=O. The van der Waals surface area contributed by atoms with Crippen LogP contribution >= 0.6 is 0 Å². The number of carbonyl (C=O) groups is 3. The van der Waals surface area contributed by atoms with Crippen molar-refractivity contribution in [3.63, 3.8) is 0 Å². The molecule has 6 nitrogen and oxygen atoms in total. The van der Waals surface area contributed by atoms with Gasteiger partial charge in [0.25, 0.3) is 0 Å². The lowest BCUT2D eigenvalue weighted by atomic mass is 10.1. The van der Waals surface area contributed by atoms with Crippen molar-refractivity contribution in [3.05, 3.63) is 35.4 Å². The average Bonchev–Trinajstić information content (AvgIpc) is 2.55. The first-order chi connectivity index (χ1) is 11.4. The molecule has 0 bridgehead atoms. The van der Waals surface area contributed by atoms with Crippen molar-refractivity contribution in [3.8, 4) is 0 Å². The molecule has 3 rings (SSSR count). The van der Waals surface area contributed by atoms with Gasteiger partial charge in [-0.3, -0.25) is 14.4 Å². The number of piperazine rings is 2. The summed E-state index contributed by atoms with van der Waals surface area (Å²) in [7, 11) is 1.56. The summed E-state index contributed by atoms with van der Waals surface area (Å²) in [5.74, 6) is -2.57. The summed E-state index contributed by atoms with van der Waals surface area (Å²) < 4.78 is 26.2. The average molecular weight is 337 g/mol. The highest BCUT2D eigenvalue weighted by Crippen LogP contribution is 2.18. The second-order valence-corrected chi connectivity index (χ2v) is 6.06. The van der Waals surface area contributed by atoms with Crippen LogP contribution in [0.3, 0.4) is 0 Å². The van der Waals surface area contributed by atoms with E-state index in [9.17, 15) is 23.2 Å². The zero-order valence-corrected chi connectivity index (χ0v) is 13.2. The molecule has 2 heterocycles. The normalized spacial score (nSPS) is 21.1. The Labute approximate surface area is 137 Å². The molecule has 0 spiro atoms. The second-order valence-electron chi connectivity index (χ2n) is 6.06. The van der Waals surface area contributed by atoms with Crippen LogP contribution in [-0.2, 0) is 20.8 Å². The van der Waals surface area contributed by atoms with E-state index in [1.165, 1.54) is 20.8 Å². The van der Waals surface area contributed by atoms with E-state index in [2.05, 4.69) is 0 Å². The molecule has 3 amide bonds. The van der Waals surface area contributed by atoms with Crippen LogP contribution in [0, 0.1) is 11.6 Å². The fraction of sp³-hybridized carbons (Fsp3) is 0.438. The number of hydrogen-bond donors (Lipinski definition) is 0. The molecule has 8 heteroatoms. The highest BCUT2D eigenvalue weighted by molar-refractivity contribution is 5.95. The van der Waals surface area contributed by atoms with E-state index in [1.54, 1.807) is 7.05 Å². The quantitative estimate of drug-likeness (QED) is 0.764. The maximum atomic E-state index is 13.2. The summed E-state index contributed by atoms with van der Waals surface area (Å²) in [4.78, 5) is 40.9. The Hall–Kier alpha value is -2.51. The fourth-order valence-electron chi connectivity index (χ4n) is 3.08. The summed E-state index contributed by atoms with van der Waals surface area (Å²) in [6.07, 6.45) is -0.0815. The summed E-state index contributed by atoms with van der Waals surface area (Å²) in [6.45, 7) is 0.796. The first kappa shape index (κ1) is 16.4. The topological polar surface area (TPSA) is 60.9 Å². The van der Waals surface area contributed by atoms with Gasteiger partial charge in [0.15, 0.2) is 11.6 Å². The van der Waals surface area contributed by atoms with Crippen molar-refractivity contribution >= 4 is 17.7 Å². The summed E-state index contributed by atoms with van der Waals surface area (Å²) in [5.41, 5.74) is 0.365. The van der Waals surface area contributed by atoms with Crippen LogP contribution in [0.2, 0.25) is 0 Å². The molecule has 0 N–H and O–H groups in total. The van der Waals surface area contributed by atoms with Crippen LogP contribution in [0.5, 0.6) is 0 Å². The van der Waals surface area contributed by atoms with E-state index in [4.69, 9.17) is 0 Å². The standard InChI is InChI=1S/C16H17F2N3O3/c1-19-9-15(23)21-5-4-20(8-13(21)16(19)24)14(22)7-10-2-3-11(17)12(18)6-10/h2-3,6,13H,4-5,7-9H2,1H3/t13-/m0/s1. The van der Waals surface area contributed by atoms with Crippen LogP contribution in [0.1, 0.15) is 5.56 Å². The van der Waals surface area contributed by atoms with Gasteiger partial charge in [0.2, 0.25) is 17.7 Å². The predicted octanol–water partition coefficient (Wildman–Crippen LogP) is 0.0187. The fourth-order valence-corrected chi connectivity index (χ4v) is 3.08. The third-order valence-electron chi connectivity index (χ3n) is 4.43. The molecule has 2 aliphatic rings. The molecule has 1 aromatic carbocycles. The number of rotatable bonds is 2. The van der Waals surface area contributed by atoms with E-state index in [1.807, 2.05) is 0 Å². The number of amides is 3. The lowest BCUT2D eigenvalue weighted by Crippen LogP contribution is -2.66. The summed E-state index contributed by atoms with van der Waals surface area (Å²) in [5, 5.41) is 0. The Morgan fingerprint density at radius 3 is 2.67 bits per heavy atom. The molecule has 1 atom stereocenters. The van der Waals surface area contributed by atoms with Crippen LogP contribution in [0.15, 0.2) is 18.2 Å². The van der Waals surface area contributed by atoms with Crippen molar-refractivity contribution in [2.75, 3.05) is 33.2 Å². The monoisotopic (exact) mass is 337 g/mol. The number of benzene rings is 1. The Morgan fingerprint density at radius 2 is 1.96 bits per heavy atom. The van der Waals surface area contributed by atoms with E-state index in [-0.39, 0.29) is 37.2 Å². The van der Waals surface area contributed by atoms with Crippen molar-refractivity contribution < 1.29 is 23.2 Å². The predicted molar refractivity (Wildman–Crippen MR) is 79.8 cm³/mol. The first-order valence-electron chi connectivity index (χ1n) is 7.63. The van der Waals surface area contributed by atoms with Gasteiger partial charge < -0.3 is 14.7 Å². The molecule has 0 aliphatic carbocycles. The van der Waals surface area contributed by atoms with Gasteiger partial charge in [-0.25, -0.2) is 8.78 Å². The Balaban J connectivity index is 1.69. The second kappa shape index (κ2) is 6.18. The minimum Gasteiger partial charge on any atom is -0.338 e. The highest BCUT2D eigenvalue weighted by atomic mass is 19.2. The van der Waals surface area contributed by atoms with E-state index in [0.29, 0.717) is 18.7 Å². The number of nitrogens with zero attached hydrogens (tertiary/aromatic N) is 3. The van der Waals surface area contributed by atoms with Crippen molar-refractivity contribution in [1.29, 1.82) is 0 Å². The molecular weight excluding hydrogens is 320 g/mol. The van der Waals surface area contributed by atoms with Crippen LogP contribution in [0.4, 0.5) is 8.78 Å². The van der Waals surface area contributed by atoms with Gasteiger partial charge in [0, 0.05) is 20.1 Å². The number of likely N-dealkylation sites (N-methyl/N-ethyl adjacent to an activating group) is 1. The minimum atomic E-state index is -1.00. The van der Waals surface area contributed by atoms with E-state index in [0.717, 1.165) is 12.1 Å². The lowest BCUT2D eigenvalue weighted by Gasteiger charge is -2.45. The third kappa shape index (κ3) is 2.95. The van der Waals surface area contributed by atoms with Gasteiger partial charge in [0.1, 0.15) is 6.04 Å². The van der Waals surface area contributed by atoms with Gasteiger partial charge in [-0.15, -0.1) is 0 Å². The maximum absolute atomic E-state index is 13.2. The summed E-state index contributed by atoms with van der Waals surface area (Å²) >= 11 is 0. The number of halogens is 2. The number of carbonyl (C=O) groups excluding carboxylic acids is 3. The van der Waals surface area contributed by atoms with E-state index < -0.39 is 17.7 Å². The van der Waals surface area contributed by atoms with E-state index >= 15 is 0 Å². The zero-order chi connectivity index (χ0) is 17.4. The van der Waals surface area contributed by atoms with Crippen LogP contribution < -0.4 is 0 Å². The van der Waals surface area contributed by atoms with Crippen molar-refractivity contribution in [2.24, 2.45) is 0 Å². The van der Waals surface area contributed by atoms with Crippen molar-refractivity contribution in [1.82, 2.24) is 14.7 Å². The van der Waals surface area contributed by atoms with Gasteiger partial charge in [-0.1, -0.05) is 6.07 Å². The van der Waals surface area contributed by atoms with Gasteiger partial charge >= 0.3 is 0 Å². The molecule has 0 unspecified atom stereocenters. The van der Waals surface area contributed by atoms with Crippen LogP contribution in [-0.4, -0.2) is 71.7 Å². The highest BCUT2D eigenvalue weighted by Gasteiger charge is 2.42. The molecular formula is C16H17F2N3O3. The number of fused-ring (bicyclic) bond motifs is 1. The molecule has 2 aliphatic heterocycles. The third-order valence-corrected chi connectivity index (χ3v) is 4.43. The Bertz CT molecular complexity index is 710. The molecule has 0 radical (unpaired) electrons. The number of hydrogen-bond acceptors (Lipinski definition) is 3. The molecule has 128 valence electrons. The Morgan fingerprint density at radius 1 is 1.21 bits per heavy atom. The molecule has 0 aromatic heterocycles. The maximum Gasteiger partial charge on any atom is 0.247 e. The van der Waals surface area contributed by atoms with Crippen LogP contribution in [0.25, 0.3) is 0 Å². The van der Waals surface area contributed by atoms with Gasteiger partial charge in [-0.05, 0) is 17.7 Å². The minimum absolute atomic E-state index is 0.0537. The Kier molecular flexibility index (Phi) is 4.21. The molecule has 24 heavy (non-hydrogen) atoms. The van der Waals surface area contributed by atoms with Crippen molar-refractivity contribution in [2.45, 2.75) is 12.5 Å². The van der Waals surface area contributed by atoms with Gasteiger partial charge in [-0.2, -0.15) is 0 Å². The molecule has 1 aromatic rings. The molecule has 2 saturated heterocycles. The first-order valence-corrected chi connectivity index (χ1v) is 7.63.